The summed E-state index contributed by atoms with van der Waals surface area (Å²) in [6, 6.07) is 18.6. The molecule has 1 saturated heterocycles. The molecule has 1 aliphatic heterocycles. The zero-order valence-electron chi connectivity index (χ0n) is 25.6. The fourth-order valence-electron chi connectivity index (χ4n) is 5.59. The Hall–Kier alpha value is -3.98. The van der Waals surface area contributed by atoms with Crippen molar-refractivity contribution in [2.75, 3.05) is 26.7 Å². The SMILES string of the molecule is CC[C@H]1CN([C@@H](Cc2ccc3ccccc3c2)C(=O)OC)CCN1C(=O)[C@@H](Cc1ccc(F)cc1)NC(=O)OC(C)(C)C. The third kappa shape index (κ3) is 8.54. The van der Waals surface area contributed by atoms with Gasteiger partial charge in [-0.3, -0.25) is 14.5 Å². The lowest BCUT2D eigenvalue weighted by molar-refractivity contribution is -0.149. The van der Waals surface area contributed by atoms with Gasteiger partial charge in [-0.15, -0.1) is 0 Å². The fourth-order valence-corrected chi connectivity index (χ4v) is 5.59. The number of carbonyl (C=O) groups is 3. The van der Waals surface area contributed by atoms with Gasteiger partial charge in [-0.25, -0.2) is 9.18 Å². The molecule has 0 spiro atoms. The Kier molecular flexibility index (Phi) is 10.4. The van der Waals surface area contributed by atoms with Crippen molar-refractivity contribution in [1.82, 2.24) is 15.1 Å². The maximum absolute atomic E-state index is 14.0. The van der Waals surface area contributed by atoms with Crippen LogP contribution in [0.5, 0.6) is 0 Å². The molecule has 3 aromatic carbocycles. The number of alkyl carbamates (subject to hydrolysis) is 1. The monoisotopic (exact) mass is 591 g/mol. The van der Waals surface area contributed by atoms with Crippen LogP contribution in [0.25, 0.3) is 10.8 Å². The number of carbonyl (C=O) groups excluding carboxylic acids is 3. The molecule has 9 heteroatoms. The van der Waals surface area contributed by atoms with Gasteiger partial charge in [0.2, 0.25) is 5.91 Å². The predicted molar refractivity (Wildman–Crippen MR) is 164 cm³/mol. The van der Waals surface area contributed by atoms with Crippen molar-refractivity contribution in [3.63, 3.8) is 0 Å². The van der Waals surface area contributed by atoms with Crippen LogP contribution < -0.4 is 5.32 Å². The van der Waals surface area contributed by atoms with Gasteiger partial charge in [0.15, 0.2) is 0 Å². The minimum absolute atomic E-state index is 0.182. The highest BCUT2D eigenvalue weighted by molar-refractivity contribution is 5.87. The topological polar surface area (TPSA) is 88.2 Å². The Balaban J connectivity index is 1.52. The number of piperazine rings is 1. The number of ether oxygens (including phenoxy) is 2. The van der Waals surface area contributed by atoms with E-state index in [0.717, 1.165) is 16.3 Å². The fraction of sp³-hybridized carbons (Fsp3) is 0.441. The molecule has 1 heterocycles. The molecule has 2 amide bonds. The molecule has 0 aliphatic carbocycles. The van der Waals surface area contributed by atoms with Gasteiger partial charge < -0.3 is 19.7 Å². The van der Waals surface area contributed by atoms with Crippen molar-refractivity contribution in [3.8, 4) is 0 Å². The summed E-state index contributed by atoms with van der Waals surface area (Å²) in [7, 11) is 1.40. The Morgan fingerprint density at radius 2 is 1.63 bits per heavy atom. The van der Waals surface area contributed by atoms with Gasteiger partial charge in [-0.1, -0.05) is 61.5 Å². The number of fused-ring (bicyclic) bond motifs is 1. The summed E-state index contributed by atoms with van der Waals surface area (Å²) in [5.41, 5.74) is 1.00. The number of hydrogen-bond acceptors (Lipinski definition) is 6. The van der Waals surface area contributed by atoms with E-state index >= 15 is 0 Å². The average molecular weight is 592 g/mol. The zero-order chi connectivity index (χ0) is 31.1. The second kappa shape index (κ2) is 14.0. The van der Waals surface area contributed by atoms with Crippen LogP contribution in [-0.4, -0.2) is 78.2 Å². The van der Waals surface area contributed by atoms with Gasteiger partial charge in [0.25, 0.3) is 0 Å². The Morgan fingerprint density at radius 3 is 2.28 bits per heavy atom. The standard InChI is InChI=1S/C34H42FN3O5/c1-6-28-22-37(30(32(40)42-5)21-24-11-14-25-9-7-8-10-26(25)19-24)17-18-38(28)31(39)29(36-33(41)43-34(2,3)4)20-23-12-15-27(35)16-13-23/h7-16,19,28-30H,6,17-18,20-22H2,1-5H3,(H,36,41)/t28-,29+,30-/m0/s1. The molecule has 43 heavy (non-hydrogen) atoms. The molecule has 230 valence electrons. The van der Waals surface area contributed by atoms with E-state index in [-0.39, 0.29) is 30.2 Å². The van der Waals surface area contributed by atoms with E-state index in [9.17, 15) is 18.8 Å². The predicted octanol–water partition coefficient (Wildman–Crippen LogP) is 5.12. The molecule has 3 aromatic rings. The Morgan fingerprint density at radius 1 is 0.953 bits per heavy atom. The van der Waals surface area contributed by atoms with Crippen LogP contribution in [0.2, 0.25) is 0 Å². The maximum Gasteiger partial charge on any atom is 0.408 e. The molecule has 1 fully saturated rings. The van der Waals surface area contributed by atoms with Gasteiger partial charge in [-0.2, -0.15) is 0 Å². The van der Waals surface area contributed by atoms with E-state index in [0.29, 0.717) is 38.0 Å². The number of methoxy groups -OCH3 is 1. The highest BCUT2D eigenvalue weighted by Crippen LogP contribution is 2.23. The third-order valence-electron chi connectivity index (χ3n) is 7.77. The van der Waals surface area contributed by atoms with Crippen LogP contribution in [0.4, 0.5) is 9.18 Å². The molecule has 8 nitrogen and oxygen atoms in total. The summed E-state index contributed by atoms with van der Waals surface area (Å²) in [5.74, 6) is -0.938. The number of benzene rings is 3. The van der Waals surface area contributed by atoms with Crippen molar-refractivity contribution >= 4 is 28.7 Å². The summed E-state index contributed by atoms with van der Waals surface area (Å²) in [4.78, 5) is 43.6. The largest absolute Gasteiger partial charge is 0.468 e. The van der Waals surface area contributed by atoms with E-state index < -0.39 is 23.8 Å². The molecule has 1 N–H and O–H groups in total. The van der Waals surface area contributed by atoms with Gasteiger partial charge in [0, 0.05) is 32.1 Å². The number of nitrogens with zero attached hydrogens (tertiary/aromatic N) is 2. The van der Waals surface area contributed by atoms with E-state index in [1.807, 2.05) is 25.1 Å². The van der Waals surface area contributed by atoms with Crippen LogP contribution in [0.15, 0.2) is 66.7 Å². The average Bonchev–Trinajstić information content (AvgIpc) is 2.98. The molecule has 4 rings (SSSR count). The number of rotatable bonds is 9. The first-order valence-electron chi connectivity index (χ1n) is 14.8. The number of amides is 2. The van der Waals surface area contributed by atoms with Crippen LogP contribution in [0, 0.1) is 5.82 Å². The molecule has 0 saturated carbocycles. The van der Waals surface area contributed by atoms with Crippen LogP contribution in [0.3, 0.4) is 0 Å². The highest BCUT2D eigenvalue weighted by Gasteiger charge is 2.38. The van der Waals surface area contributed by atoms with Gasteiger partial charge >= 0.3 is 12.1 Å². The number of hydrogen-bond donors (Lipinski definition) is 1. The summed E-state index contributed by atoms with van der Waals surface area (Å²) in [5, 5.41) is 4.99. The highest BCUT2D eigenvalue weighted by atomic mass is 19.1. The lowest BCUT2D eigenvalue weighted by Crippen LogP contribution is -2.62. The van der Waals surface area contributed by atoms with Gasteiger partial charge in [0.05, 0.1) is 7.11 Å². The quantitative estimate of drug-likeness (QED) is 0.348. The van der Waals surface area contributed by atoms with E-state index in [1.165, 1.54) is 19.2 Å². The first kappa shape index (κ1) is 31.9. The smallest absolute Gasteiger partial charge is 0.408 e. The molecule has 3 atom stereocenters. The first-order valence-corrected chi connectivity index (χ1v) is 14.8. The van der Waals surface area contributed by atoms with Crippen molar-refractivity contribution < 1.29 is 28.2 Å². The van der Waals surface area contributed by atoms with E-state index in [4.69, 9.17) is 9.47 Å². The summed E-state index contributed by atoms with van der Waals surface area (Å²) in [6.07, 6.45) is 0.625. The van der Waals surface area contributed by atoms with E-state index in [1.54, 1.807) is 37.8 Å². The van der Waals surface area contributed by atoms with E-state index in [2.05, 4.69) is 34.5 Å². The lowest BCUT2D eigenvalue weighted by Gasteiger charge is -2.44. The van der Waals surface area contributed by atoms with Gasteiger partial charge in [0.1, 0.15) is 23.5 Å². The van der Waals surface area contributed by atoms with Crippen molar-refractivity contribution in [2.24, 2.45) is 0 Å². The normalized spacial score (nSPS) is 17.3. The van der Waals surface area contributed by atoms with Crippen molar-refractivity contribution in [2.45, 2.75) is 70.7 Å². The summed E-state index contributed by atoms with van der Waals surface area (Å²) < 4.78 is 24.2. The van der Waals surface area contributed by atoms with Crippen LogP contribution in [-0.2, 0) is 31.9 Å². The van der Waals surface area contributed by atoms with Crippen molar-refractivity contribution in [1.29, 1.82) is 0 Å². The molecule has 0 aromatic heterocycles. The molecular weight excluding hydrogens is 549 g/mol. The third-order valence-corrected chi connectivity index (χ3v) is 7.77. The summed E-state index contributed by atoms with van der Waals surface area (Å²) >= 11 is 0. The number of nitrogens with one attached hydrogen (secondary N) is 1. The molecule has 0 unspecified atom stereocenters. The minimum Gasteiger partial charge on any atom is -0.468 e. The Bertz CT molecular complexity index is 1420. The molecular formula is C34H42FN3O5. The van der Waals surface area contributed by atoms with Crippen LogP contribution in [0.1, 0.15) is 45.2 Å². The summed E-state index contributed by atoms with van der Waals surface area (Å²) in [6.45, 7) is 8.58. The molecule has 1 aliphatic rings. The van der Waals surface area contributed by atoms with Crippen LogP contribution >= 0.6 is 0 Å². The maximum atomic E-state index is 14.0. The Labute approximate surface area is 253 Å². The lowest BCUT2D eigenvalue weighted by atomic mass is 9.98. The van der Waals surface area contributed by atoms with Crippen molar-refractivity contribution in [3.05, 3.63) is 83.7 Å². The molecule has 0 radical (unpaired) electrons. The number of halogens is 1. The molecule has 0 bridgehead atoms. The second-order valence-electron chi connectivity index (χ2n) is 12.0. The second-order valence-corrected chi connectivity index (χ2v) is 12.0. The zero-order valence-corrected chi connectivity index (χ0v) is 25.6. The first-order chi connectivity index (χ1) is 20.5. The minimum atomic E-state index is -0.907. The number of esters is 1. The van der Waals surface area contributed by atoms with Gasteiger partial charge in [-0.05, 0) is 67.6 Å².